The highest BCUT2D eigenvalue weighted by molar-refractivity contribution is 5.32. The number of hydrogen-bond donors (Lipinski definition) is 1. The maximum Gasteiger partial charge on any atom is 0.218 e. The number of aryl methyl sites for hydroxylation is 1. The van der Waals surface area contributed by atoms with Gasteiger partial charge in [0.1, 0.15) is 17.7 Å². The molecule has 2 N–H and O–H groups in total. The molecule has 4 nitrogen and oxygen atoms in total. The topological polar surface area (TPSA) is 61.0 Å². The quantitative estimate of drug-likeness (QED) is 0.832. The molecule has 1 fully saturated rings. The van der Waals surface area contributed by atoms with Crippen LogP contribution in [0.1, 0.15) is 38.4 Å². The summed E-state index contributed by atoms with van der Waals surface area (Å²) in [6.45, 7) is 4.10. The van der Waals surface area contributed by atoms with Crippen molar-refractivity contribution < 1.29 is 4.74 Å². The number of anilines is 1. The fourth-order valence-corrected chi connectivity index (χ4v) is 2.28. The van der Waals surface area contributed by atoms with Gasteiger partial charge in [-0.1, -0.05) is 13.3 Å². The molecule has 2 unspecified atom stereocenters. The second kappa shape index (κ2) is 4.68. The van der Waals surface area contributed by atoms with Crippen molar-refractivity contribution in [1.82, 2.24) is 9.97 Å². The van der Waals surface area contributed by atoms with Crippen molar-refractivity contribution in [2.45, 2.75) is 45.6 Å². The first-order valence-corrected chi connectivity index (χ1v) is 5.91. The van der Waals surface area contributed by atoms with E-state index in [4.69, 9.17) is 10.5 Å². The van der Waals surface area contributed by atoms with Crippen LogP contribution >= 0.6 is 0 Å². The molecule has 0 aromatic carbocycles. The third-order valence-electron chi connectivity index (χ3n) is 3.01. The average Bonchev–Trinajstić information content (AvgIpc) is 2.15. The molecule has 2 rings (SSSR count). The molecule has 0 aliphatic heterocycles. The Bertz CT molecular complexity index is 347. The molecule has 16 heavy (non-hydrogen) atoms. The Morgan fingerprint density at radius 3 is 2.88 bits per heavy atom. The van der Waals surface area contributed by atoms with Crippen LogP contribution in [-0.2, 0) is 0 Å². The summed E-state index contributed by atoms with van der Waals surface area (Å²) in [5.74, 6) is 2.51. The predicted molar refractivity (Wildman–Crippen MR) is 63.2 cm³/mol. The molecule has 1 aliphatic carbocycles. The van der Waals surface area contributed by atoms with Gasteiger partial charge in [0.2, 0.25) is 5.88 Å². The minimum Gasteiger partial charge on any atom is -0.474 e. The molecule has 1 heterocycles. The van der Waals surface area contributed by atoms with Crippen molar-refractivity contribution >= 4 is 5.82 Å². The summed E-state index contributed by atoms with van der Waals surface area (Å²) < 4.78 is 5.86. The van der Waals surface area contributed by atoms with E-state index in [1.807, 2.05) is 6.92 Å². The molecule has 1 aromatic rings. The summed E-state index contributed by atoms with van der Waals surface area (Å²) in [5.41, 5.74) is 5.66. The van der Waals surface area contributed by atoms with Gasteiger partial charge in [-0.25, -0.2) is 4.98 Å². The summed E-state index contributed by atoms with van der Waals surface area (Å²) >= 11 is 0. The number of aromatic nitrogens is 2. The van der Waals surface area contributed by atoms with Crippen molar-refractivity contribution in [2.24, 2.45) is 5.92 Å². The molecule has 0 amide bonds. The predicted octanol–water partition coefficient (Wildman–Crippen LogP) is 2.32. The summed E-state index contributed by atoms with van der Waals surface area (Å²) in [4.78, 5) is 8.27. The van der Waals surface area contributed by atoms with Gasteiger partial charge in [-0.3, -0.25) is 0 Å². The van der Waals surface area contributed by atoms with Gasteiger partial charge in [-0.2, -0.15) is 4.98 Å². The number of nitrogens with zero attached hydrogens (tertiary/aromatic N) is 2. The Balaban J connectivity index is 2.02. The van der Waals surface area contributed by atoms with E-state index in [1.54, 1.807) is 6.07 Å². The van der Waals surface area contributed by atoms with Gasteiger partial charge in [0.05, 0.1) is 0 Å². The van der Waals surface area contributed by atoms with Crippen LogP contribution in [0, 0.1) is 12.8 Å². The fraction of sp³-hybridized carbons (Fsp3) is 0.667. The zero-order valence-corrected chi connectivity index (χ0v) is 9.94. The third kappa shape index (κ3) is 2.84. The standard InChI is InChI=1S/C12H19N3O/c1-8-4-3-5-10(6-8)16-12-7-11(13)14-9(2)15-12/h7-8,10H,3-6H2,1-2H3,(H2,13,14,15). The Labute approximate surface area is 96.2 Å². The molecule has 0 spiro atoms. The van der Waals surface area contributed by atoms with Crippen LogP contribution in [0.3, 0.4) is 0 Å². The largest absolute Gasteiger partial charge is 0.474 e. The molecule has 0 bridgehead atoms. The Kier molecular flexibility index (Phi) is 3.27. The van der Waals surface area contributed by atoms with Gasteiger partial charge in [-0.05, 0) is 32.1 Å². The number of nitrogens with two attached hydrogens (primary N) is 1. The van der Waals surface area contributed by atoms with E-state index in [-0.39, 0.29) is 6.10 Å². The van der Waals surface area contributed by atoms with Gasteiger partial charge in [0.25, 0.3) is 0 Å². The number of hydrogen-bond acceptors (Lipinski definition) is 4. The second-order valence-electron chi connectivity index (χ2n) is 4.69. The molecule has 1 aliphatic rings. The monoisotopic (exact) mass is 221 g/mol. The van der Waals surface area contributed by atoms with Gasteiger partial charge in [0.15, 0.2) is 0 Å². The summed E-state index contributed by atoms with van der Waals surface area (Å²) in [5, 5.41) is 0. The molecule has 0 saturated heterocycles. The van der Waals surface area contributed by atoms with E-state index in [2.05, 4.69) is 16.9 Å². The molecule has 88 valence electrons. The molecule has 2 atom stereocenters. The van der Waals surface area contributed by atoms with Crippen molar-refractivity contribution in [3.05, 3.63) is 11.9 Å². The van der Waals surface area contributed by atoms with E-state index < -0.39 is 0 Å². The lowest BCUT2D eigenvalue weighted by Crippen LogP contribution is -2.24. The summed E-state index contributed by atoms with van der Waals surface area (Å²) in [7, 11) is 0. The van der Waals surface area contributed by atoms with Crippen LogP contribution < -0.4 is 10.5 Å². The van der Waals surface area contributed by atoms with E-state index in [0.29, 0.717) is 17.5 Å². The molecule has 0 radical (unpaired) electrons. The summed E-state index contributed by atoms with van der Waals surface area (Å²) in [6.07, 6.45) is 5.07. The zero-order chi connectivity index (χ0) is 11.5. The van der Waals surface area contributed by atoms with Crippen LogP contribution in [0.5, 0.6) is 5.88 Å². The Morgan fingerprint density at radius 2 is 2.19 bits per heavy atom. The number of ether oxygens (including phenoxy) is 1. The molecule has 1 aromatic heterocycles. The van der Waals surface area contributed by atoms with Crippen LogP contribution in [0.25, 0.3) is 0 Å². The highest BCUT2D eigenvalue weighted by atomic mass is 16.5. The average molecular weight is 221 g/mol. The van der Waals surface area contributed by atoms with Crippen LogP contribution in [0.4, 0.5) is 5.82 Å². The van der Waals surface area contributed by atoms with Gasteiger partial charge in [-0.15, -0.1) is 0 Å². The normalized spacial score (nSPS) is 25.4. The lowest BCUT2D eigenvalue weighted by atomic mass is 9.89. The van der Waals surface area contributed by atoms with E-state index in [9.17, 15) is 0 Å². The molecular weight excluding hydrogens is 202 g/mol. The fourth-order valence-electron chi connectivity index (χ4n) is 2.28. The minimum atomic E-state index is 0.289. The number of nitrogen functional groups attached to an aromatic ring is 1. The van der Waals surface area contributed by atoms with E-state index in [1.165, 1.54) is 12.8 Å². The minimum absolute atomic E-state index is 0.289. The maximum atomic E-state index is 5.86. The third-order valence-corrected chi connectivity index (χ3v) is 3.01. The van der Waals surface area contributed by atoms with E-state index >= 15 is 0 Å². The SMILES string of the molecule is Cc1nc(N)cc(OC2CCCC(C)C2)n1. The highest BCUT2D eigenvalue weighted by Gasteiger charge is 2.20. The zero-order valence-electron chi connectivity index (χ0n) is 9.94. The van der Waals surface area contributed by atoms with Crippen LogP contribution in [-0.4, -0.2) is 16.1 Å². The first kappa shape index (κ1) is 11.2. The molecule has 1 saturated carbocycles. The van der Waals surface area contributed by atoms with Crippen LogP contribution in [0.2, 0.25) is 0 Å². The Hall–Kier alpha value is -1.32. The lowest BCUT2D eigenvalue weighted by Gasteiger charge is -2.26. The van der Waals surface area contributed by atoms with Crippen molar-refractivity contribution in [3.8, 4) is 5.88 Å². The smallest absolute Gasteiger partial charge is 0.218 e. The van der Waals surface area contributed by atoms with Crippen molar-refractivity contribution in [2.75, 3.05) is 5.73 Å². The van der Waals surface area contributed by atoms with Crippen molar-refractivity contribution in [3.63, 3.8) is 0 Å². The van der Waals surface area contributed by atoms with Gasteiger partial charge in [0, 0.05) is 6.07 Å². The maximum absolute atomic E-state index is 5.86. The van der Waals surface area contributed by atoms with Crippen LogP contribution in [0.15, 0.2) is 6.07 Å². The second-order valence-corrected chi connectivity index (χ2v) is 4.69. The van der Waals surface area contributed by atoms with E-state index in [0.717, 1.165) is 18.8 Å². The van der Waals surface area contributed by atoms with Crippen molar-refractivity contribution in [1.29, 1.82) is 0 Å². The first-order valence-electron chi connectivity index (χ1n) is 5.91. The molecule has 4 heteroatoms. The first-order chi connectivity index (χ1) is 7.63. The van der Waals surface area contributed by atoms with Gasteiger partial charge >= 0.3 is 0 Å². The number of rotatable bonds is 2. The Morgan fingerprint density at radius 1 is 1.38 bits per heavy atom. The lowest BCUT2D eigenvalue weighted by molar-refractivity contribution is 0.123. The molecular formula is C12H19N3O. The summed E-state index contributed by atoms with van der Waals surface area (Å²) in [6, 6.07) is 1.70. The highest BCUT2D eigenvalue weighted by Crippen LogP contribution is 2.26. The van der Waals surface area contributed by atoms with Gasteiger partial charge < -0.3 is 10.5 Å².